The number of halogens is 2. The number of nitrogens with zero attached hydrogens (tertiary/aromatic N) is 1. The van der Waals surface area contributed by atoms with Gasteiger partial charge in [-0.05, 0) is 42.5 Å². The molecule has 3 rings (SSSR count). The van der Waals surface area contributed by atoms with Crippen LogP contribution in [0.1, 0.15) is 5.69 Å². The summed E-state index contributed by atoms with van der Waals surface area (Å²) in [6, 6.07) is 11.0. The molecule has 5 nitrogen and oxygen atoms in total. The van der Waals surface area contributed by atoms with E-state index in [-0.39, 0.29) is 18.1 Å². The minimum atomic E-state index is -0.302. The van der Waals surface area contributed by atoms with E-state index in [4.69, 9.17) is 16.3 Å². The fourth-order valence-corrected chi connectivity index (χ4v) is 3.14. The van der Waals surface area contributed by atoms with Crippen molar-refractivity contribution >= 4 is 45.4 Å². The SMILES string of the molecule is COc1ccc(Cl)cc1NC(=O)Cc1csc(Nc2ccc(F)cc2)n1. The van der Waals surface area contributed by atoms with Gasteiger partial charge in [-0.15, -0.1) is 11.3 Å². The van der Waals surface area contributed by atoms with Crippen molar-refractivity contribution in [2.24, 2.45) is 0 Å². The lowest BCUT2D eigenvalue weighted by atomic mass is 10.2. The van der Waals surface area contributed by atoms with Crippen LogP contribution < -0.4 is 15.4 Å². The van der Waals surface area contributed by atoms with Crippen LogP contribution in [-0.2, 0) is 11.2 Å². The summed E-state index contributed by atoms with van der Waals surface area (Å²) in [5.74, 6) is -0.00705. The highest BCUT2D eigenvalue weighted by molar-refractivity contribution is 7.13. The van der Waals surface area contributed by atoms with Crippen LogP contribution in [0.15, 0.2) is 47.8 Å². The molecular weight excluding hydrogens is 377 g/mol. The Bertz CT molecular complexity index is 915. The summed E-state index contributed by atoms with van der Waals surface area (Å²) in [4.78, 5) is 16.6. The van der Waals surface area contributed by atoms with Crippen LogP contribution in [0.25, 0.3) is 0 Å². The fourth-order valence-electron chi connectivity index (χ4n) is 2.24. The topological polar surface area (TPSA) is 63.2 Å². The molecule has 8 heteroatoms. The number of amides is 1. The van der Waals surface area contributed by atoms with Crippen LogP contribution in [0.3, 0.4) is 0 Å². The molecule has 0 saturated heterocycles. The number of ether oxygens (including phenoxy) is 1. The van der Waals surface area contributed by atoms with Gasteiger partial charge in [-0.25, -0.2) is 9.37 Å². The quantitative estimate of drug-likeness (QED) is 0.629. The average molecular weight is 392 g/mol. The first-order valence-electron chi connectivity index (χ1n) is 7.64. The highest BCUT2D eigenvalue weighted by atomic mass is 35.5. The third kappa shape index (κ3) is 4.71. The number of thiazole rings is 1. The molecule has 2 N–H and O–H groups in total. The number of aromatic nitrogens is 1. The van der Waals surface area contributed by atoms with Gasteiger partial charge in [0.1, 0.15) is 11.6 Å². The molecule has 0 saturated carbocycles. The number of hydrogen-bond donors (Lipinski definition) is 2. The lowest BCUT2D eigenvalue weighted by Crippen LogP contribution is -2.15. The van der Waals surface area contributed by atoms with Gasteiger partial charge in [0.05, 0.1) is 24.9 Å². The smallest absolute Gasteiger partial charge is 0.230 e. The molecule has 0 atom stereocenters. The Kier molecular flexibility index (Phi) is 5.70. The minimum absolute atomic E-state index is 0.108. The lowest BCUT2D eigenvalue weighted by Gasteiger charge is -2.10. The Labute approximate surface area is 158 Å². The second kappa shape index (κ2) is 8.16. The first kappa shape index (κ1) is 18.2. The number of rotatable bonds is 6. The molecule has 0 bridgehead atoms. The molecule has 0 aliphatic carbocycles. The molecule has 1 heterocycles. The molecule has 2 aromatic carbocycles. The van der Waals surface area contributed by atoms with Gasteiger partial charge in [0, 0.05) is 16.1 Å². The van der Waals surface area contributed by atoms with E-state index in [0.717, 1.165) is 5.69 Å². The van der Waals surface area contributed by atoms with Gasteiger partial charge in [-0.1, -0.05) is 11.6 Å². The maximum Gasteiger partial charge on any atom is 0.230 e. The van der Waals surface area contributed by atoms with Crippen molar-refractivity contribution in [3.63, 3.8) is 0 Å². The Balaban J connectivity index is 1.62. The molecule has 0 radical (unpaired) electrons. The van der Waals surface area contributed by atoms with Crippen LogP contribution in [-0.4, -0.2) is 18.0 Å². The first-order chi connectivity index (χ1) is 12.5. The van der Waals surface area contributed by atoms with Crippen molar-refractivity contribution < 1.29 is 13.9 Å². The van der Waals surface area contributed by atoms with Gasteiger partial charge < -0.3 is 15.4 Å². The van der Waals surface area contributed by atoms with Gasteiger partial charge >= 0.3 is 0 Å². The van der Waals surface area contributed by atoms with Crippen molar-refractivity contribution in [3.05, 3.63) is 64.4 Å². The summed E-state index contributed by atoms with van der Waals surface area (Å²) in [6.07, 6.45) is 0.108. The summed E-state index contributed by atoms with van der Waals surface area (Å²) in [6.45, 7) is 0. The molecule has 26 heavy (non-hydrogen) atoms. The van der Waals surface area contributed by atoms with E-state index < -0.39 is 0 Å². The number of hydrogen-bond acceptors (Lipinski definition) is 5. The van der Waals surface area contributed by atoms with E-state index in [1.165, 1.54) is 30.6 Å². The van der Waals surface area contributed by atoms with Crippen LogP contribution in [0, 0.1) is 5.82 Å². The first-order valence-corrected chi connectivity index (χ1v) is 8.89. The van der Waals surface area contributed by atoms with Crippen molar-refractivity contribution in [3.8, 4) is 5.75 Å². The lowest BCUT2D eigenvalue weighted by molar-refractivity contribution is -0.115. The van der Waals surface area contributed by atoms with E-state index in [9.17, 15) is 9.18 Å². The molecule has 0 aliphatic heterocycles. The summed E-state index contributed by atoms with van der Waals surface area (Å²) in [7, 11) is 1.52. The molecule has 0 aliphatic rings. The number of carbonyl (C=O) groups excluding carboxylic acids is 1. The van der Waals surface area contributed by atoms with E-state index in [1.807, 2.05) is 0 Å². The van der Waals surface area contributed by atoms with E-state index in [1.54, 1.807) is 35.7 Å². The number of methoxy groups -OCH3 is 1. The van der Waals surface area contributed by atoms with Gasteiger partial charge in [0.25, 0.3) is 0 Å². The zero-order valence-electron chi connectivity index (χ0n) is 13.8. The maximum absolute atomic E-state index is 12.9. The summed E-state index contributed by atoms with van der Waals surface area (Å²) >= 11 is 7.32. The van der Waals surface area contributed by atoms with Crippen molar-refractivity contribution in [2.75, 3.05) is 17.7 Å². The number of carbonyl (C=O) groups is 1. The number of anilines is 3. The average Bonchev–Trinajstić information content (AvgIpc) is 3.04. The summed E-state index contributed by atoms with van der Waals surface area (Å²) in [5.41, 5.74) is 1.85. The van der Waals surface area contributed by atoms with Crippen LogP contribution >= 0.6 is 22.9 Å². The molecule has 0 spiro atoms. The zero-order chi connectivity index (χ0) is 18.5. The monoisotopic (exact) mass is 391 g/mol. The second-order valence-electron chi connectivity index (χ2n) is 5.35. The van der Waals surface area contributed by atoms with Gasteiger partial charge in [0.15, 0.2) is 5.13 Å². The number of benzene rings is 2. The Morgan fingerprint density at radius 1 is 1.27 bits per heavy atom. The summed E-state index contributed by atoms with van der Waals surface area (Å²) < 4.78 is 18.1. The van der Waals surface area contributed by atoms with Crippen molar-refractivity contribution in [1.82, 2.24) is 4.98 Å². The van der Waals surface area contributed by atoms with Gasteiger partial charge in [0.2, 0.25) is 5.91 Å². The zero-order valence-corrected chi connectivity index (χ0v) is 15.3. The van der Waals surface area contributed by atoms with E-state index >= 15 is 0 Å². The molecule has 3 aromatic rings. The summed E-state index contributed by atoms with van der Waals surface area (Å²) in [5, 5.41) is 8.76. The van der Waals surface area contributed by atoms with E-state index in [0.29, 0.717) is 27.3 Å². The molecule has 1 amide bonds. The van der Waals surface area contributed by atoms with Gasteiger partial charge in [-0.3, -0.25) is 4.79 Å². The molecule has 0 fully saturated rings. The maximum atomic E-state index is 12.9. The predicted octanol–water partition coefficient (Wildman–Crippen LogP) is 4.87. The van der Waals surface area contributed by atoms with Crippen LogP contribution in [0.2, 0.25) is 5.02 Å². The fraction of sp³-hybridized carbons (Fsp3) is 0.111. The van der Waals surface area contributed by atoms with Crippen molar-refractivity contribution in [1.29, 1.82) is 0 Å². The molecular formula is C18H15ClFN3O2S. The Hall–Kier alpha value is -2.64. The third-order valence-corrected chi connectivity index (χ3v) is 4.47. The Morgan fingerprint density at radius 2 is 2.04 bits per heavy atom. The largest absolute Gasteiger partial charge is 0.495 e. The normalized spacial score (nSPS) is 10.4. The molecule has 1 aromatic heterocycles. The molecule has 0 unspecified atom stereocenters. The third-order valence-electron chi connectivity index (χ3n) is 3.42. The second-order valence-corrected chi connectivity index (χ2v) is 6.64. The standard InChI is InChI=1S/C18H15ClFN3O2S/c1-25-16-7-2-11(19)8-15(16)23-17(24)9-14-10-26-18(22-14)21-13-5-3-12(20)4-6-13/h2-8,10H,9H2,1H3,(H,21,22)(H,23,24). The van der Waals surface area contributed by atoms with Crippen molar-refractivity contribution in [2.45, 2.75) is 6.42 Å². The van der Waals surface area contributed by atoms with Crippen LogP contribution in [0.5, 0.6) is 5.75 Å². The predicted molar refractivity (Wildman–Crippen MR) is 102 cm³/mol. The van der Waals surface area contributed by atoms with Gasteiger partial charge in [-0.2, -0.15) is 0 Å². The Morgan fingerprint density at radius 3 is 2.77 bits per heavy atom. The van der Waals surface area contributed by atoms with E-state index in [2.05, 4.69) is 15.6 Å². The molecule has 134 valence electrons. The number of nitrogens with one attached hydrogen (secondary N) is 2. The van der Waals surface area contributed by atoms with Crippen LogP contribution in [0.4, 0.5) is 20.9 Å². The highest BCUT2D eigenvalue weighted by Crippen LogP contribution is 2.28. The highest BCUT2D eigenvalue weighted by Gasteiger charge is 2.11. The minimum Gasteiger partial charge on any atom is -0.495 e.